The van der Waals surface area contributed by atoms with Gasteiger partial charge >= 0.3 is 0 Å². The number of benzene rings is 2. The number of fused-ring (bicyclic) bond motifs is 1. The van der Waals surface area contributed by atoms with Gasteiger partial charge in [0.25, 0.3) is 5.91 Å². The fourth-order valence-corrected chi connectivity index (χ4v) is 3.27. The molecule has 0 atom stereocenters. The Hall–Kier alpha value is -2.62. The lowest BCUT2D eigenvalue weighted by Crippen LogP contribution is -2.27. The van der Waals surface area contributed by atoms with Crippen LogP contribution in [0.15, 0.2) is 47.6 Å². The molecule has 0 radical (unpaired) electrons. The zero-order chi connectivity index (χ0) is 18.5. The highest BCUT2D eigenvalue weighted by atomic mass is 16.5. The molecular formula is C22H26N2O2. The summed E-state index contributed by atoms with van der Waals surface area (Å²) in [6.45, 7) is 6.21. The molecule has 4 nitrogen and oxygen atoms in total. The molecule has 4 heteroatoms. The molecule has 0 saturated heterocycles. The van der Waals surface area contributed by atoms with Crippen molar-refractivity contribution in [1.82, 2.24) is 5.43 Å². The summed E-state index contributed by atoms with van der Waals surface area (Å²) >= 11 is 0. The van der Waals surface area contributed by atoms with Crippen molar-refractivity contribution in [2.45, 2.75) is 46.0 Å². The van der Waals surface area contributed by atoms with Crippen LogP contribution in [0.1, 0.15) is 54.9 Å². The number of nitrogens with one attached hydrogen (secondary N) is 1. The van der Waals surface area contributed by atoms with E-state index in [0.717, 1.165) is 47.4 Å². The maximum Gasteiger partial charge on any atom is 0.277 e. The van der Waals surface area contributed by atoms with Crippen molar-refractivity contribution >= 4 is 11.6 Å². The third-order valence-electron chi connectivity index (χ3n) is 4.65. The number of aryl methyl sites for hydroxylation is 2. The minimum absolute atomic E-state index is 0.0401. The molecule has 0 aromatic heterocycles. The van der Waals surface area contributed by atoms with E-state index in [1.54, 1.807) is 0 Å². The number of hydrogen-bond acceptors (Lipinski definition) is 3. The number of carbonyl (C=O) groups is 1. The standard InChI is InChI=1S/C22H26N2O2/c1-15(2)18-12-11-16(3)13-21(18)26-14-22(25)24-23-20-10-6-8-17-7-4-5-9-19(17)20/h4-5,7,9,11-13,15H,6,8,10,14H2,1-3H3,(H,24,25)/b23-20-. The Morgan fingerprint density at radius 3 is 2.81 bits per heavy atom. The molecule has 1 aliphatic rings. The zero-order valence-electron chi connectivity index (χ0n) is 15.7. The van der Waals surface area contributed by atoms with E-state index in [1.807, 2.05) is 25.1 Å². The fraction of sp³-hybridized carbons (Fsp3) is 0.364. The van der Waals surface area contributed by atoms with E-state index >= 15 is 0 Å². The van der Waals surface area contributed by atoms with Gasteiger partial charge in [-0.15, -0.1) is 0 Å². The van der Waals surface area contributed by atoms with E-state index < -0.39 is 0 Å². The number of rotatable bonds is 5. The minimum Gasteiger partial charge on any atom is -0.483 e. The Labute approximate surface area is 155 Å². The third-order valence-corrected chi connectivity index (χ3v) is 4.65. The van der Waals surface area contributed by atoms with E-state index in [9.17, 15) is 4.79 Å². The molecule has 136 valence electrons. The first-order valence-corrected chi connectivity index (χ1v) is 9.21. The van der Waals surface area contributed by atoms with Gasteiger partial charge < -0.3 is 4.74 Å². The van der Waals surface area contributed by atoms with Gasteiger partial charge in [-0.3, -0.25) is 4.79 Å². The molecule has 0 saturated carbocycles. The molecule has 0 aliphatic heterocycles. The highest BCUT2D eigenvalue weighted by Crippen LogP contribution is 2.27. The molecule has 1 aliphatic carbocycles. The van der Waals surface area contributed by atoms with Crippen molar-refractivity contribution in [2.24, 2.45) is 5.10 Å². The van der Waals surface area contributed by atoms with Gasteiger partial charge in [-0.25, -0.2) is 5.43 Å². The average Bonchev–Trinajstić information content (AvgIpc) is 2.64. The van der Waals surface area contributed by atoms with Gasteiger partial charge in [-0.1, -0.05) is 50.2 Å². The number of carbonyl (C=O) groups excluding carboxylic acids is 1. The molecule has 1 amide bonds. The molecule has 2 aromatic rings. The van der Waals surface area contributed by atoms with Crippen molar-refractivity contribution in [3.63, 3.8) is 0 Å². The second kappa shape index (κ2) is 8.17. The number of ether oxygens (including phenoxy) is 1. The van der Waals surface area contributed by atoms with Gasteiger partial charge in [-0.2, -0.15) is 5.10 Å². The predicted octanol–water partition coefficient (Wildman–Crippen LogP) is 4.35. The van der Waals surface area contributed by atoms with Gasteiger partial charge in [0.05, 0.1) is 5.71 Å². The maximum absolute atomic E-state index is 12.2. The Kier molecular flexibility index (Phi) is 5.71. The van der Waals surface area contributed by atoms with Crippen LogP contribution in [0.4, 0.5) is 0 Å². The number of amides is 1. The van der Waals surface area contributed by atoms with E-state index in [1.165, 1.54) is 5.56 Å². The van der Waals surface area contributed by atoms with E-state index in [-0.39, 0.29) is 12.5 Å². The zero-order valence-corrected chi connectivity index (χ0v) is 15.7. The van der Waals surface area contributed by atoms with Gasteiger partial charge in [0, 0.05) is 5.56 Å². The van der Waals surface area contributed by atoms with Crippen LogP contribution in [-0.2, 0) is 11.2 Å². The molecule has 3 rings (SSSR count). The lowest BCUT2D eigenvalue weighted by molar-refractivity contribution is -0.123. The lowest BCUT2D eigenvalue weighted by atomic mass is 9.90. The third kappa shape index (κ3) is 4.31. The molecular weight excluding hydrogens is 324 g/mol. The highest BCUT2D eigenvalue weighted by molar-refractivity contribution is 6.03. The van der Waals surface area contributed by atoms with E-state index in [0.29, 0.717) is 5.92 Å². The molecule has 2 aromatic carbocycles. The summed E-state index contributed by atoms with van der Waals surface area (Å²) in [5.74, 6) is 0.871. The lowest BCUT2D eigenvalue weighted by Gasteiger charge is -2.17. The summed E-state index contributed by atoms with van der Waals surface area (Å²) in [5.41, 5.74) is 8.25. The predicted molar refractivity (Wildman–Crippen MR) is 105 cm³/mol. The first-order chi connectivity index (χ1) is 12.5. The summed E-state index contributed by atoms with van der Waals surface area (Å²) in [5, 5.41) is 4.35. The van der Waals surface area contributed by atoms with Crippen LogP contribution in [-0.4, -0.2) is 18.2 Å². The normalized spacial score (nSPS) is 15.0. The molecule has 0 heterocycles. The van der Waals surface area contributed by atoms with Gasteiger partial charge in [0.15, 0.2) is 6.61 Å². The van der Waals surface area contributed by atoms with Crippen LogP contribution in [0.5, 0.6) is 5.75 Å². The highest BCUT2D eigenvalue weighted by Gasteiger charge is 2.15. The molecule has 1 N–H and O–H groups in total. The Bertz CT molecular complexity index is 825. The number of hydrogen-bond donors (Lipinski definition) is 1. The first kappa shape index (κ1) is 18.2. The van der Waals surface area contributed by atoms with Crippen LogP contribution < -0.4 is 10.2 Å². The molecule has 0 spiro atoms. The van der Waals surface area contributed by atoms with Crippen LogP contribution >= 0.6 is 0 Å². The fourth-order valence-electron chi connectivity index (χ4n) is 3.27. The van der Waals surface area contributed by atoms with Gasteiger partial charge in [-0.05, 0) is 54.9 Å². The summed E-state index contributed by atoms with van der Waals surface area (Å²) in [4.78, 5) is 12.2. The quantitative estimate of drug-likeness (QED) is 0.815. The van der Waals surface area contributed by atoms with Gasteiger partial charge in [0.2, 0.25) is 0 Å². The number of nitrogens with zero attached hydrogens (tertiary/aromatic N) is 1. The Morgan fingerprint density at radius 1 is 1.19 bits per heavy atom. The van der Waals surface area contributed by atoms with Gasteiger partial charge in [0.1, 0.15) is 5.75 Å². The van der Waals surface area contributed by atoms with Crippen molar-refractivity contribution < 1.29 is 9.53 Å². The summed E-state index contributed by atoms with van der Waals surface area (Å²) < 4.78 is 5.77. The van der Waals surface area contributed by atoms with Crippen molar-refractivity contribution in [3.05, 3.63) is 64.7 Å². The number of hydrazone groups is 1. The van der Waals surface area contributed by atoms with Crippen LogP contribution in [0.25, 0.3) is 0 Å². The SMILES string of the molecule is Cc1ccc(C(C)C)c(OCC(=O)N/N=C2/CCCc3ccccc32)c1. The summed E-state index contributed by atoms with van der Waals surface area (Å²) in [6.07, 6.45) is 3.01. The molecule has 0 unspecified atom stereocenters. The molecule has 0 fully saturated rings. The van der Waals surface area contributed by atoms with Crippen LogP contribution in [0.2, 0.25) is 0 Å². The van der Waals surface area contributed by atoms with Crippen molar-refractivity contribution in [3.8, 4) is 5.75 Å². The molecule has 0 bridgehead atoms. The Balaban J connectivity index is 1.63. The molecule has 26 heavy (non-hydrogen) atoms. The minimum atomic E-state index is -0.239. The second-order valence-electron chi connectivity index (χ2n) is 7.09. The van der Waals surface area contributed by atoms with Crippen LogP contribution in [0.3, 0.4) is 0 Å². The van der Waals surface area contributed by atoms with E-state index in [4.69, 9.17) is 4.74 Å². The summed E-state index contributed by atoms with van der Waals surface area (Å²) in [6, 6.07) is 14.4. The summed E-state index contributed by atoms with van der Waals surface area (Å²) in [7, 11) is 0. The van der Waals surface area contributed by atoms with E-state index in [2.05, 4.69) is 48.6 Å². The maximum atomic E-state index is 12.2. The van der Waals surface area contributed by atoms with Crippen LogP contribution in [0, 0.1) is 6.92 Å². The van der Waals surface area contributed by atoms with Crippen molar-refractivity contribution in [1.29, 1.82) is 0 Å². The van der Waals surface area contributed by atoms with Crippen molar-refractivity contribution in [2.75, 3.05) is 6.61 Å². The monoisotopic (exact) mass is 350 g/mol. The Morgan fingerprint density at radius 2 is 2.00 bits per heavy atom. The topological polar surface area (TPSA) is 50.7 Å². The second-order valence-corrected chi connectivity index (χ2v) is 7.09. The smallest absolute Gasteiger partial charge is 0.277 e. The first-order valence-electron chi connectivity index (χ1n) is 9.21. The average molecular weight is 350 g/mol. The largest absolute Gasteiger partial charge is 0.483 e.